The number of nitrogen functional groups attached to an aromatic ring is 1. The number of thioether (sulfide) groups is 1. The third-order valence-corrected chi connectivity index (χ3v) is 2.47. The number of rotatable bonds is 3. The van der Waals surface area contributed by atoms with Gasteiger partial charge >= 0.3 is 5.97 Å². The van der Waals surface area contributed by atoms with Crippen molar-refractivity contribution in [3.63, 3.8) is 0 Å². The fourth-order valence-corrected chi connectivity index (χ4v) is 1.88. The van der Waals surface area contributed by atoms with E-state index in [0.717, 1.165) is 0 Å². The van der Waals surface area contributed by atoms with Crippen molar-refractivity contribution in [3.05, 3.63) is 10.7 Å². The Balaban J connectivity index is 2.63. The van der Waals surface area contributed by atoms with Gasteiger partial charge in [-0.15, -0.1) is 0 Å². The predicted octanol–water partition coefficient (Wildman–Crippen LogP) is 1.09. The first-order chi connectivity index (χ1) is 6.61. The number of carbonyl (C=O) groups excluding carboxylic acids is 1. The second-order valence-electron chi connectivity index (χ2n) is 2.26. The maximum atomic E-state index is 10.8. The summed E-state index contributed by atoms with van der Waals surface area (Å²) in [5.41, 5.74) is 5.49. The summed E-state index contributed by atoms with van der Waals surface area (Å²) in [6, 6.07) is 1.59. The molecule has 0 aliphatic carbocycles. The van der Waals surface area contributed by atoms with Crippen LogP contribution in [0.25, 0.3) is 0 Å². The SMILES string of the molecule is COC(=O)CSc1nc(N)cc(Br)n1. The zero-order valence-electron chi connectivity index (χ0n) is 7.36. The Kier molecular flexibility index (Phi) is 4.15. The second kappa shape index (κ2) is 5.16. The Hall–Kier alpha value is -0.820. The highest BCUT2D eigenvalue weighted by molar-refractivity contribution is 9.10. The summed E-state index contributed by atoms with van der Waals surface area (Å²) < 4.78 is 5.07. The summed E-state index contributed by atoms with van der Waals surface area (Å²) in [6.07, 6.45) is 0. The van der Waals surface area contributed by atoms with Crippen LogP contribution in [0.3, 0.4) is 0 Å². The molecule has 0 atom stereocenters. The van der Waals surface area contributed by atoms with Gasteiger partial charge in [0.25, 0.3) is 0 Å². The fraction of sp³-hybridized carbons (Fsp3) is 0.286. The number of ether oxygens (including phenoxy) is 1. The number of nitrogens with two attached hydrogens (primary N) is 1. The van der Waals surface area contributed by atoms with Crippen LogP contribution >= 0.6 is 27.7 Å². The number of hydrogen-bond donors (Lipinski definition) is 1. The number of halogens is 1. The Morgan fingerprint density at radius 1 is 1.71 bits per heavy atom. The monoisotopic (exact) mass is 277 g/mol. The van der Waals surface area contributed by atoms with Crippen molar-refractivity contribution in [3.8, 4) is 0 Å². The van der Waals surface area contributed by atoms with Gasteiger partial charge in [-0.1, -0.05) is 11.8 Å². The molecule has 1 heterocycles. The summed E-state index contributed by atoms with van der Waals surface area (Å²) in [7, 11) is 1.33. The highest BCUT2D eigenvalue weighted by Crippen LogP contribution is 2.17. The van der Waals surface area contributed by atoms with Gasteiger partial charge in [-0.2, -0.15) is 0 Å². The Morgan fingerprint density at radius 3 is 3.00 bits per heavy atom. The van der Waals surface area contributed by atoms with Crippen LogP contribution in [0.15, 0.2) is 15.8 Å². The van der Waals surface area contributed by atoms with Crippen LogP contribution in [-0.2, 0) is 9.53 Å². The molecular weight excluding hydrogens is 270 g/mol. The molecule has 1 aromatic rings. The lowest BCUT2D eigenvalue weighted by molar-refractivity contribution is -0.137. The third kappa shape index (κ3) is 3.51. The van der Waals surface area contributed by atoms with Gasteiger partial charge in [-0.05, 0) is 15.9 Å². The van der Waals surface area contributed by atoms with Crippen LogP contribution in [0.5, 0.6) is 0 Å². The minimum Gasteiger partial charge on any atom is -0.468 e. The van der Waals surface area contributed by atoms with Crippen LogP contribution in [-0.4, -0.2) is 28.8 Å². The van der Waals surface area contributed by atoms with E-state index in [4.69, 9.17) is 5.73 Å². The number of esters is 1. The number of nitrogens with zero attached hydrogens (tertiary/aromatic N) is 2. The average Bonchev–Trinajstić information content (AvgIpc) is 2.12. The third-order valence-electron chi connectivity index (χ3n) is 1.24. The molecule has 0 saturated carbocycles. The molecule has 1 rings (SSSR count). The van der Waals surface area contributed by atoms with Crippen molar-refractivity contribution in [2.75, 3.05) is 18.6 Å². The lowest BCUT2D eigenvalue weighted by Gasteiger charge is -2.00. The van der Waals surface area contributed by atoms with Crippen LogP contribution in [0.4, 0.5) is 5.82 Å². The van der Waals surface area contributed by atoms with Gasteiger partial charge in [-0.25, -0.2) is 9.97 Å². The minimum absolute atomic E-state index is 0.173. The minimum atomic E-state index is -0.322. The van der Waals surface area contributed by atoms with Crippen LogP contribution in [0.1, 0.15) is 0 Å². The molecule has 5 nitrogen and oxygen atoms in total. The zero-order chi connectivity index (χ0) is 10.6. The summed E-state index contributed by atoms with van der Waals surface area (Å²) >= 11 is 4.35. The first-order valence-corrected chi connectivity index (χ1v) is 5.39. The fourth-order valence-electron chi connectivity index (χ4n) is 0.660. The van der Waals surface area contributed by atoms with Gasteiger partial charge in [-0.3, -0.25) is 4.79 Å². The van der Waals surface area contributed by atoms with E-state index in [1.165, 1.54) is 18.9 Å². The molecule has 0 unspecified atom stereocenters. The summed E-state index contributed by atoms with van der Waals surface area (Å²) in [5.74, 6) is 0.211. The molecule has 14 heavy (non-hydrogen) atoms. The van der Waals surface area contributed by atoms with Crippen LogP contribution in [0, 0.1) is 0 Å². The number of anilines is 1. The zero-order valence-corrected chi connectivity index (χ0v) is 9.76. The quantitative estimate of drug-likeness (QED) is 0.386. The molecule has 0 fully saturated rings. The number of carbonyl (C=O) groups is 1. The van der Waals surface area contributed by atoms with Crippen molar-refractivity contribution >= 4 is 39.5 Å². The van der Waals surface area contributed by atoms with E-state index < -0.39 is 0 Å². The highest BCUT2D eigenvalue weighted by atomic mass is 79.9. The first kappa shape index (κ1) is 11.3. The molecule has 7 heteroatoms. The maximum Gasteiger partial charge on any atom is 0.316 e. The largest absolute Gasteiger partial charge is 0.468 e. The Labute approximate surface area is 93.6 Å². The van der Waals surface area contributed by atoms with Crippen molar-refractivity contribution in [1.82, 2.24) is 9.97 Å². The summed E-state index contributed by atoms with van der Waals surface area (Å²) in [4.78, 5) is 18.8. The van der Waals surface area contributed by atoms with Crippen LogP contribution in [0.2, 0.25) is 0 Å². The normalized spacial score (nSPS) is 9.86. The van der Waals surface area contributed by atoms with E-state index in [1.807, 2.05) is 0 Å². The second-order valence-corrected chi connectivity index (χ2v) is 4.02. The van der Waals surface area contributed by atoms with E-state index in [9.17, 15) is 4.79 Å². The van der Waals surface area contributed by atoms with E-state index in [0.29, 0.717) is 15.6 Å². The average molecular weight is 278 g/mol. The van der Waals surface area contributed by atoms with E-state index in [1.54, 1.807) is 6.07 Å². The number of hydrogen-bond acceptors (Lipinski definition) is 6. The van der Waals surface area contributed by atoms with Gasteiger partial charge in [0.05, 0.1) is 12.9 Å². The molecule has 0 aliphatic rings. The lowest BCUT2D eigenvalue weighted by Crippen LogP contribution is -2.04. The van der Waals surface area contributed by atoms with Crippen molar-refractivity contribution in [1.29, 1.82) is 0 Å². The van der Waals surface area contributed by atoms with Crippen molar-refractivity contribution in [2.24, 2.45) is 0 Å². The van der Waals surface area contributed by atoms with E-state index in [-0.39, 0.29) is 11.7 Å². The van der Waals surface area contributed by atoms with E-state index in [2.05, 4.69) is 30.6 Å². The van der Waals surface area contributed by atoms with Gasteiger partial charge in [0, 0.05) is 6.07 Å². The Morgan fingerprint density at radius 2 is 2.43 bits per heavy atom. The molecule has 2 N–H and O–H groups in total. The topological polar surface area (TPSA) is 78.1 Å². The molecule has 0 aromatic carbocycles. The van der Waals surface area contributed by atoms with Gasteiger partial charge in [0.1, 0.15) is 10.4 Å². The van der Waals surface area contributed by atoms with Crippen LogP contribution < -0.4 is 5.73 Å². The standard InChI is InChI=1S/C7H8BrN3O2S/c1-13-6(12)3-14-7-10-4(8)2-5(9)11-7/h2H,3H2,1H3,(H2,9,10,11). The molecule has 0 radical (unpaired) electrons. The summed E-state index contributed by atoms with van der Waals surface area (Å²) in [6.45, 7) is 0. The summed E-state index contributed by atoms with van der Waals surface area (Å²) in [5, 5.41) is 0.447. The molecule has 0 bridgehead atoms. The van der Waals surface area contributed by atoms with Gasteiger partial charge in [0.2, 0.25) is 0 Å². The highest BCUT2D eigenvalue weighted by Gasteiger charge is 2.05. The first-order valence-electron chi connectivity index (χ1n) is 3.61. The number of methoxy groups -OCH3 is 1. The van der Waals surface area contributed by atoms with E-state index >= 15 is 0 Å². The molecular formula is C7H8BrN3O2S. The Bertz CT molecular complexity index is 327. The molecule has 1 aromatic heterocycles. The molecule has 76 valence electrons. The smallest absolute Gasteiger partial charge is 0.316 e. The van der Waals surface area contributed by atoms with Gasteiger partial charge in [0.15, 0.2) is 5.16 Å². The number of aromatic nitrogens is 2. The van der Waals surface area contributed by atoms with Gasteiger partial charge < -0.3 is 10.5 Å². The predicted molar refractivity (Wildman–Crippen MR) is 56.9 cm³/mol. The molecule has 0 amide bonds. The lowest BCUT2D eigenvalue weighted by atomic mass is 10.6. The molecule has 0 spiro atoms. The molecule has 0 aliphatic heterocycles. The van der Waals surface area contributed by atoms with Crippen molar-refractivity contribution < 1.29 is 9.53 Å². The molecule has 0 saturated heterocycles. The maximum absolute atomic E-state index is 10.8. The van der Waals surface area contributed by atoms with Crippen molar-refractivity contribution in [2.45, 2.75) is 5.16 Å².